The third-order valence-corrected chi connectivity index (χ3v) is 7.87. The molecule has 1 heterocycles. The maximum Gasteiger partial charge on any atom is 0.338 e. The first-order valence-electron chi connectivity index (χ1n) is 12.7. The first-order valence-corrected chi connectivity index (χ1v) is 13.5. The number of rotatable bonds is 10. The van der Waals surface area contributed by atoms with Gasteiger partial charge in [0.15, 0.2) is 6.10 Å². The number of nitrogens with zero attached hydrogens (tertiary/aromatic N) is 3. The van der Waals surface area contributed by atoms with Crippen LogP contribution in [0.25, 0.3) is 0 Å². The predicted molar refractivity (Wildman–Crippen MR) is 150 cm³/mol. The number of benzene rings is 3. The molecule has 1 amide bonds. The summed E-state index contributed by atoms with van der Waals surface area (Å²) < 4.78 is 11.2. The van der Waals surface area contributed by atoms with E-state index in [1.165, 1.54) is 36.0 Å². The number of hydrogen-bond acceptors (Lipinski definition) is 8. The van der Waals surface area contributed by atoms with E-state index in [0.29, 0.717) is 18.8 Å². The van der Waals surface area contributed by atoms with Crippen LogP contribution in [0.4, 0.5) is 11.4 Å². The molecule has 0 bridgehead atoms. The Kier molecular flexibility index (Phi) is 9.21. The molecule has 0 radical (unpaired) electrons. The summed E-state index contributed by atoms with van der Waals surface area (Å²) in [6, 6.07) is 20.2. The largest absolute Gasteiger partial charge is 0.497 e. The number of methoxy groups -OCH3 is 1. The molecule has 0 saturated carbocycles. The number of nitro benzene ring substituents is 1. The number of para-hydroxylation sites is 1. The lowest BCUT2D eigenvalue weighted by atomic mass is 10.0. The van der Waals surface area contributed by atoms with Crippen molar-refractivity contribution < 1.29 is 24.0 Å². The molecule has 9 nitrogen and oxygen atoms in total. The maximum atomic E-state index is 14.2. The number of carbonyl (C=O) groups is 2. The van der Waals surface area contributed by atoms with Crippen molar-refractivity contribution in [1.82, 2.24) is 4.90 Å². The molecule has 0 saturated heterocycles. The van der Waals surface area contributed by atoms with Crippen LogP contribution in [0.5, 0.6) is 5.75 Å². The molecule has 39 heavy (non-hydrogen) atoms. The van der Waals surface area contributed by atoms with E-state index in [4.69, 9.17) is 9.47 Å². The molecule has 0 aromatic heterocycles. The maximum absolute atomic E-state index is 14.2. The highest BCUT2D eigenvalue weighted by molar-refractivity contribution is 7.99. The van der Waals surface area contributed by atoms with Crippen LogP contribution < -0.4 is 9.64 Å². The minimum absolute atomic E-state index is 0.128. The van der Waals surface area contributed by atoms with E-state index in [9.17, 15) is 19.7 Å². The second-order valence-electron chi connectivity index (χ2n) is 9.20. The van der Waals surface area contributed by atoms with Crippen molar-refractivity contribution in [1.29, 1.82) is 0 Å². The molecule has 10 heteroatoms. The number of nitro groups is 1. The first kappa shape index (κ1) is 28.1. The molecule has 0 N–H and O–H groups in total. The third-order valence-electron chi connectivity index (χ3n) is 6.50. The van der Waals surface area contributed by atoms with Crippen molar-refractivity contribution in [3.05, 3.63) is 94.0 Å². The van der Waals surface area contributed by atoms with Gasteiger partial charge in [-0.25, -0.2) is 4.79 Å². The fourth-order valence-electron chi connectivity index (χ4n) is 4.43. The van der Waals surface area contributed by atoms with Gasteiger partial charge in [0.1, 0.15) is 5.75 Å². The summed E-state index contributed by atoms with van der Waals surface area (Å²) in [6.07, 6.45) is -0.152. The summed E-state index contributed by atoms with van der Waals surface area (Å²) in [5.74, 6) is -0.381. The van der Waals surface area contributed by atoms with Crippen molar-refractivity contribution in [2.45, 2.75) is 29.6 Å². The van der Waals surface area contributed by atoms with E-state index in [1.807, 2.05) is 55.6 Å². The monoisotopic (exact) mass is 549 g/mol. The van der Waals surface area contributed by atoms with Gasteiger partial charge in [-0.05, 0) is 62.0 Å². The zero-order valence-electron chi connectivity index (χ0n) is 22.1. The lowest BCUT2D eigenvalue weighted by Gasteiger charge is -2.29. The van der Waals surface area contributed by atoms with Crippen molar-refractivity contribution >= 4 is 35.0 Å². The second kappa shape index (κ2) is 12.8. The number of ether oxygens (including phenoxy) is 2. The van der Waals surface area contributed by atoms with Crippen LogP contribution in [0, 0.1) is 10.1 Å². The topological polar surface area (TPSA) is 102 Å². The van der Waals surface area contributed by atoms with Crippen molar-refractivity contribution in [2.24, 2.45) is 0 Å². The smallest absolute Gasteiger partial charge is 0.338 e. The molecule has 3 aromatic rings. The van der Waals surface area contributed by atoms with Crippen LogP contribution in [-0.4, -0.2) is 61.6 Å². The Morgan fingerprint density at radius 2 is 1.74 bits per heavy atom. The molecular weight excluding hydrogens is 518 g/mol. The fourth-order valence-corrected chi connectivity index (χ4v) is 5.74. The molecule has 1 aliphatic rings. The second-order valence-corrected chi connectivity index (χ2v) is 10.4. The molecular formula is C29H31N3O6S. The van der Waals surface area contributed by atoms with Gasteiger partial charge in [0.05, 0.1) is 28.5 Å². The summed E-state index contributed by atoms with van der Waals surface area (Å²) in [5, 5.41) is 10.5. The standard InChI is InChI=1S/C29H31N3O6S/c1-4-17-30(2)18-19-31-24-7-5-6-8-25(24)39-27(20-11-15-23(37-3)16-12-20)26(28(31)33)38-29(34)21-9-13-22(14-10-21)32(35)36/h5-16,26-27H,4,17-19H2,1-3H3/t26-,27+/m0/s1. The van der Waals surface area contributed by atoms with Gasteiger partial charge in [-0.15, -0.1) is 11.8 Å². The van der Waals surface area contributed by atoms with Gasteiger partial charge in [0, 0.05) is 30.1 Å². The van der Waals surface area contributed by atoms with Gasteiger partial charge in [-0.2, -0.15) is 0 Å². The average Bonchev–Trinajstić information content (AvgIpc) is 3.06. The molecule has 0 fully saturated rings. The first-order chi connectivity index (χ1) is 18.8. The van der Waals surface area contributed by atoms with Gasteiger partial charge in [0.25, 0.3) is 11.6 Å². The Hall–Kier alpha value is -3.89. The van der Waals surface area contributed by atoms with Gasteiger partial charge in [-0.1, -0.05) is 31.2 Å². The molecule has 2 atom stereocenters. The van der Waals surface area contributed by atoms with E-state index in [2.05, 4.69) is 11.8 Å². The molecule has 3 aromatic carbocycles. The molecule has 0 spiro atoms. The van der Waals surface area contributed by atoms with Crippen molar-refractivity contribution in [3.63, 3.8) is 0 Å². The Morgan fingerprint density at radius 3 is 2.38 bits per heavy atom. The highest BCUT2D eigenvalue weighted by Crippen LogP contribution is 2.47. The molecule has 0 aliphatic carbocycles. The van der Waals surface area contributed by atoms with E-state index in [1.54, 1.807) is 12.0 Å². The van der Waals surface area contributed by atoms with Crippen molar-refractivity contribution in [3.8, 4) is 5.75 Å². The minimum Gasteiger partial charge on any atom is -0.497 e. The highest BCUT2D eigenvalue weighted by atomic mass is 32.2. The summed E-state index contributed by atoms with van der Waals surface area (Å²) >= 11 is 1.46. The van der Waals surface area contributed by atoms with Crippen LogP contribution in [0.3, 0.4) is 0 Å². The predicted octanol–water partition coefficient (Wildman–Crippen LogP) is 5.35. The van der Waals surface area contributed by atoms with E-state index in [0.717, 1.165) is 29.1 Å². The summed E-state index contributed by atoms with van der Waals surface area (Å²) in [7, 11) is 3.59. The summed E-state index contributed by atoms with van der Waals surface area (Å²) in [4.78, 5) is 42.7. The number of fused-ring (bicyclic) bond motifs is 1. The molecule has 4 rings (SSSR count). The zero-order chi connectivity index (χ0) is 27.9. The van der Waals surface area contributed by atoms with Crippen LogP contribution in [0.15, 0.2) is 77.7 Å². The van der Waals surface area contributed by atoms with E-state index in [-0.39, 0.29) is 17.2 Å². The Bertz CT molecular complexity index is 1320. The number of esters is 1. The number of carbonyl (C=O) groups excluding carboxylic acids is 2. The SMILES string of the molecule is CCCN(C)CCN1C(=O)[C@@H](OC(=O)c2ccc([N+](=O)[O-])cc2)[C@@H](c2ccc(OC)cc2)Sc2ccccc21. The Morgan fingerprint density at radius 1 is 1.05 bits per heavy atom. The Labute approximate surface area is 231 Å². The highest BCUT2D eigenvalue weighted by Gasteiger charge is 2.41. The molecule has 204 valence electrons. The van der Waals surface area contributed by atoms with Crippen molar-refractivity contribution in [2.75, 3.05) is 38.7 Å². The van der Waals surface area contributed by atoms with Crippen LogP contribution in [0.1, 0.15) is 34.5 Å². The third kappa shape index (κ3) is 6.58. The summed E-state index contributed by atoms with van der Waals surface area (Å²) in [5.41, 5.74) is 1.56. The quantitative estimate of drug-likeness (QED) is 0.189. The zero-order valence-corrected chi connectivity index (χ0v) is 22.9. The van der Waals surface area contributed by atoms with Crippen LogP contribution in [-0.2, 0) is 9.53 Å². The number of non-ortho nitro benzene ring substituents is 1. The normalized spacial score (nSPS) is 16.9. The van der Waals surface area contributed by atoms with Crippen LogP contribution in [0.2, 0.25) is 0 Å². The molecule has 1 aliphatic heterocycles. The number of amides is 1. The van der Waals surface area contributed by atoms with Gasteiger partial charge >= 0.3 is 5.97 Å². The van der Waals surface area contributed by atoms with E-state index >= 15 is 0 Å². The van der Waals surface area contributed by atoms with Gasteiger partial charge in [-0.3, -0.25) is 14.9 Å². The lowest BCUT2D eigenvalue weighted by Crippen LogP contribution is -2.45. The Balaban J connectivity index is 1.72. The number of likely N-dealkylation sites (N-methyl/N-ethyl adjacent to an activating group) is 1. The van der Waals surface area contributed by atoms with Gasteiger partial charge in [0.2, 0.25) is 0 Å². The van der Waals surface area contributed by atoms with Gasteiger partial charge < -0.3 is 19.3 Å². The minimum atomic E-state index is -1.14. The average molecular weight is 550 g/mol. The summed E-state index contributed by atoms with van der Waals surface area (Å²) in [6.45, 7) is 4.07. The molecule has 0 unspecified atom stereocenters. The van der Waals surface area contributed by atoms with Crippen LogP contribution >= 0.6 is 11.8 Å². The number of thioether (sulfide) groups is 1. The lowest BCUT2D eigenvalue weighted by molar-refractivity contribution is -0.384. The number of anilines is 1. The van der Waals surface area contributed by atoms with E-state index < -0.39 is 22.2 Å². The fraction of sp³-hybridized carbons (Fsp3) is 0.310. The number of hydrogen-bond donors (Lipinski definition) is 0.